The fourth-order valence-electron chi connectivity index (χ4n) is 17.6. The summed E-state index contributed by atoms with van der Waals surface area (Å²) in [6, 6.07) is 58.1. The number of rotatable bonds is 20. The molecule has 11 N–H and O–H groups in total. The number of ether oxygens (including phenoxy) is 1. The Morgan fingerprint density at radius 3 is 1.10 bits per heavy atom. The fraction of sp³-hybridized carbons (Fsp3) is 0.250. The van der Waals surface area contributed by atoms with Crippen LogP contribution in [-0.2, 0) is 6.54 Å². The first-order valence-electron chi connectivity index (χ1n) is 46.6. The van der Waals surface area contributed by atoms with Crippen molar-refractivity contribution < 1.29 is 29.0 Å². The molecule has 5 aromatic carbocycles. The van der Waals surface area contributed by atoms with Gasteiger partial charge in [0.25, 0.3) is 23.6 Å². The van der Waals surface area contributed by atoms with Crippen LogP contribution in [0, 0.1) is 0 Å². The highest BCUT2D eigenvalue weighted by atomic mass is 16.5. The predicted octanol–water partition coefficient (Wildman–Crippen LogP) is 15.9. The summed E-state index contributed by atoms with van der Waals surface area (Å²) in [5, 5.41) is 53.3. The average Bonchev–Trinajstić information content (AvgIpc) is 1.64. The largest absolute Gasteiger partial charge is 0.456 e. The summed E-state index contributed by atoms with van der Waals surface area (Å²) in [6.45, 7) is 14.5. The van der Waals surface area contributed by atoms with Gasteiger partial charge in [-0.15, -0.1) is 0 Å². The number of aromatic amines is 4. The molecule has 0 bridgehead atoms. The lowest BCUT2D eigenvalue weighted by Gasteiger charge is -2.33. The number of nitrogens with one attached hydrogen (secondary N) is 8. The highest BCUT2D eigenvalue weighted by Crippen LogP contribution is 2.35. The maximum Gasteiger partial charge on any atom is 0.276 e. The van der Waals surface area contributed by atoms with Gasteiger partial charge in [0, 0.05) is 185 Å². The molecule has 12 aromatic heterocycles. The number of H-pyrrole nitrogens is 4. The second kappa shape index (κ2) is 42.5. The average molecular weight is 1840 g/mol. The number of benzene rings is 5. The second-order valence-electron chi connectivity index (χ2n) is 35.1. The van der Waals surface area contributed by atoms with E-state index in [9.17, 15) is 24.3 Å². The van der Waals surface area contributed by atoms with Gasteiger partial charge in [0.05, 0.1) is 87.6 Å². The minimum absolute atomic E-state index is 0.184. The number of carbonyl (C=O) groups is 4. The fourth-order valence-corrected chi connectivity index (χ4v) is 17.6. The van der Waals surface area contributed by atoms with Crippen molar-refractivity contribution in [2.45, 2.75) is 64.0 Å². The molecule has 0 unspecified atom stereocenters. The van der Waals surface area contributed by atoms with Gasteiger partial charge >= 0.3 is 0 Å². The summed E-state index contributed by atoms with van der Waals surface area (Å²) in [5.74, 6) is 3.96. The van der Waals surface area contributed by atoms with Crippen molar-refractivity contribution in [2.75, 3.05) is 152 Å². The van der Waals surface area contributed by atoms with E-state index in [-0.39, 0.29) is 29.7 Å². The Morgan fingerprint density at radius 1 is 0.348 bits per heavy atom. The van der Waals surface area contributed by atoms with E-state index in [2.05, 4.69) is 156 Å². The number of nitrogen functional groups attached to an aromatic ring is 1. The lowest BCUT2D eigenvalue weighted by molar-refractivity contribution is 0.0792. The molecule has 34 nitrogen and oxygen atoms in total. The zero-order valence-corrected chi connectivity index (χ0v) is 76.7. The lowest BCUT2D eigenvalue weighted by Crippen LogP contribution is -2.44. The summed E-state index contributed by atoms with van der Waals surface area (Å²) < 4.78 is 5.94. The molecule has 34 heteroatoms. The Hall–Kier alpha value is -16.3. The van der Waals surface area contributed by atoms with Gasteiger partial charge in [-0.25, -0.2) is 19.9 Å². The topological polar surface area (TPSA) is 412 Å². The van der Waals surface area contributed by atoms with Crippen LogP contribution in [0.25, 0.3) is 88.1 Å². The number of likely N-dealkylation sites (N-methyl/N-ethyl adjacent to an activating group) is 2. The molecule has 0 spiro atoms. The highest BCUT2D eigenvalue weighted by Gasteiger charge is 2.26. The number of aliphatic hydroxyl groups excluding tert-OH is 1. The van der Waals surface area contributed by atoms with Crippen LogP contribution in [0.2, 0.25) is 0 Å². The molecule has 0 radical (unpaired) electrons. The summed E-state index contributed by atoms with van der Waals surface area (Å²) in [4.78, 5) is 103. The minimum atomic E-state index is -0.304. The van der Waals surface area contributed by atoms with Gasteiger partial charge in [-0.3, -0.25) is 64.4 Å². The quantitative estimate of drug-likeness (QED) is 0.0339. The number of carbonyl (C=O) groups excluding carboxylic acids is 4. The van der Waals surface area contributed by atoms with Gasteiger partial charge in [-0.1, -0.05) is 48.5 Å². The zero-order chi connectivity index (χ0) is 94.2. The van der Waals surface area contributed by atoms with Crippen molar-refractivity contribution in [3.8, 4) is 56.0 Å². The number of nitrogens with zero attached hydrogens (tertiary/aromatic N) is 19. The van der Waals surface area contributed by atoms with Crippen molar-refractivity contribution >= 4 is 119 Å². The van der Waals surface area contributed by atoms with E-state index in [0.29, 0.717) is 57.0 Å². The number of anilines is 9. The highest BCUT2D eigenvalue weighted by molar-refractivity contribution is 6.15. The second-order valence-corrected chi connectivity index (χ2v) is 35.1. The van der Waals surface area contributed by atoms with E-state index in [1.165, 1.54) is 38.5 Å². The minimum Gasteiger partial charge on any atom is -0.456 e. The van der Waals surface area contributed by atoms with Crippen LogP contribution in [0.5, 0.6) is 11.5 Å². The number of likely N-dealkylation sites (tertiary alicyclic amines) is 1. The third kappa shape index (κ3) is 22.2. The van der Waals surface area contributed by atoms with Crippen molar-refractivity contribution in [1.29, 1.82) is 0 Å². The summed E-state index contributed by atoms with van der Waals surface area (Å²) in [6.07, 6.45) is 29.7. The third-order valence-corrected chi connectivity index (χ3v) is 25.4. The molecule has 5 saturated heterocycles. The Balaban J connectivity index is 0.000000118. The predicted molar refractivity (Wildman–Crippen MR) is 539 cm³/mol. The lowest BCUT2D eigenvalue weighted by atomic mass is 10.0. The van der Waals surface area contributed by atoms with E-state index >= 15 is 0 Å². The standard InChI is InChI=1S/C29H34N8O2.C29H27N7O2.C23H23N7O.C23H22N6O/c1-35-10-12-37(13-11-35)27-5-3-23(18-31-27)32-29(39)28-25-15-21(2-4-26(25)33-34-28)22-14-20(16-30-17-22)19-36-8-6-24(38)7-9-36;1-35-11-13-36(14-12-35)27-10-8-22(18-31-27)32-29(37)28-25-16-20(7-9-26(25)33-34-28)21-15-24(19-30-17-21)38-23-5-3-2-4-6-23;24-17-10-16(12-25-13-17)15-4-6-20-19(11-15)22(29-28-20)23(31)27-18-5-7-21(26-14-18)30-8-2-1-3-9-30;30-23(26-18-7-9-21(25-15-18)29-11-2-1-3-12-29)22-19-13-16(6-8-20(19)27-28-22)17-5-4-10-24-14-17/h2-5,14-18,24,38H,6-13,19H2,1H3,(H,32,39)(H,33,34);2-10,15-19H,11-14H2,1H3,(H,32,37)(H,33,34);4-7,10-14H,1-3,8-9,24H2,(H,27,31)(H,28,29);4-10,13-15H,1-3,11-12H2,(H,26,30)(H,27,28). The number of piperazine rings is 2. The third-order valence-electron chi connectivity index (χ3n) is 25.4. The number of piperidine rings is 3. The normalized spacial score (nSPS) is 15.0. The van der Waals surface area contributed by atoms with E-state index in [4.69, 9.17) is 10.5 Å². The van der Waals surface area contributed by atoms with Gasteiger partial charge in [0.15, 0.2) is 22.8 Å². The molecule has 5 aliphatic heterocycles. The van der Waals surface area contributed by atoms with Crippen LogP contribution in [-0.4, -0.2) is 236 Å². The number of nitrogens with two attached hydrogens (primary N) is 1. The molecule has 0 atom stereocenters. The van der Waals surface area contributed by atoms with Crippen molar-refractivity contribution in [3.05, 3.63) is 285 Å². The monoisotopic (exact) mass is 1840 g/mol. The van der Waals surface area contributed by atoms with Crippen molar-refractivity contribution in [2.24, 2.45) is 0 Å². The molecule has 5 fully saturated rings. The molecule has 138 heavy (non-hydrogen) atoms. The first-order chi connectivity index (χ1) is 67.6. The molecule has 698 valence electrons. The van der Waals surface area contributed by atoms with Crippen LogP contribution >= 0.6 is 0 Å². The van der Waals surface area contributed by atoms with Crippen molar-refractivity contribution in [1.82, 2.24) is 95.4 Å². The summed E-state index contributed by atoms with van der Waals surface area (Å²) in [5.41, 5.74) is 22.1. The molecule has 17 aromatic rings. The van der Waals surface area contributed by atoms with Crippen molar-refractivity contribution in [3.63, 3.8) is 0 Å². The number of amides is 4. The molecule has 22 rings (SSSR count). The number of hydrogen-bond donors (Lipinski definition) is 10. The van der Waals surface area contributed by atoms with Gasteiger partial charge in [0.1, 0.15) is 34.8 Å². The van der Waals surface area contributed by atoms with Crippen LogP contribution in [0.4, 0.5) is 51.7 Å². The van der Waals surface area contributed by atoms with Crippen LogP contribution in [0.15, 0.2) is 256 Å². The molecule has 0 saturated carbocycles. The molecular formula is C104H106N28O6. The number of pyridine rings is 8. The molecular weight excluding hydrogens is 1740 g/mol. The zero-order valence-electron chi connectivity index (χ0n) is 76.7. The van der Waals surface area contributed by atoms with Crippen LogP contribution in [0.3, 0.4) is 0 Å². The first-order valence-corrected chi connectivity index (χ1v) is 46.6. The van der Waals surface area contributed by atoms with Gasteiger partial charge < -0.3 is 66.2 Å². The maximum absolute atomic E-state index is 13.2. The van der Waals surface area contributed by atoms with Gasteiger partial charge in [-0.05, 0) is 227 Å². The smallest absolute Gasteiger partial charge is 0.276 e. The van der Waals surface area contributed by atoms with E-state index in [1.807, 2.05) is 188 Å². The summed E-state index contributed by atoms with van der Waals surface area (Å²) in [7, 11) is 4.25. The number of aromatic nitrogens is 16. The Kier molecular flexibility index (Phi) is 28.0. The van der Waals surface area contributed by atoms with E-state index in [0.717, 1.165) is 234 Å². The van der Waals surface area contributed by atoms with Crippen LogP contribution < -0.4 is 51.3 Å². The SMILES string of the molecule is CN1CCN(c2ccc(NC(=O)c3n[nH]c4ccc(-c5cncc(CN6CCC(O)CC6)c5)cc34)cn2)CC1.CN1CCN(c2ccc(NC(=O)c3n[nH]c4ccc(-c5cncc(Oc6ccccc6)c5)cc34)cn2)CC1.Nc1cncc(-c2ccc3[nH]nc(C(=O)Nc4ccc(N5CCCCC5)nc4)c3c2)c1.O=C(Nc1ccc(N2CCCCC2)nc1)c1n[nH]c2ccc(-c3cccnc3)cc12. The number of hydrogen-bond acceptors (Lipinski definition) is 26. The van der Waals surface area contributed by atoms with Crippen LogP contribution in [0.1, 0.15) is 98.9 Å². The van der Waals surface area contributed by atoms with Gasteiger partial charge in [0.2, 0.25) is 0 Å². The number of para-hydroxylation sites is 1. The molecule has 4 amide bonds. The Bertz CT molecular complexity index is 7070. The number of aliphatic hydroxyl groups is 1. The summed E-state index contributed by atoms with van der Waals surface area (Å²) >= 11 is 0. The Morgan fingerprint density at radius 2 is 0.717 bits per heavy atom. The molecule has 5 aliphatic rings. The van der Waals surface area contributed by atoms with E-state index < -0.39 is 0 Å². The Labute approximate surface area is 796 Å². The van der Waals surface area contributed by atoms with E-state index in [1.54, 1.807) is 62.0 Å². The van der Waals surface area contributed by atoms with Gasteiger partial charge in [-0.2, -0.15) is 20.4 Å². The maximum atomic E-state index is 13.2. The first kappa shape index (κ1) is 90.8. The molecule has 0 aliphatic carbocycles. The molecule has 17 heterocycles. The number of fused-ring (bicyclic) bond motifs is 4.